The van der Waals surface area contributed by atoms with Crippen molar-refractivity contribution in [2.75, 3.05) is 6.61 Å². The number of hydrogen-bond donors (Lipinski definition) is 0. The zero-order valence-corrected chi connectivity index (χ0v) is 10.5. The number of cyclic esters (lactones) is 2. The number of carbonyl (C=O) groups is 3. The lowest BCUT2D eigenvalue weighted by Gasteiger charge is -2.01. The third-order valence-corrected chi connectivity index (χ3v) is 2.37. The van der Waals surface area contributed by atoms with Crippen molar-refractivity contribution >= 4 is 17.9 Å². The van der Waals surface area contributed by atoms with Crippen LogP contribution in [0.3, 0.4) is 0 Å². The maximum atomic E-state index is 11.4. The fraction of sp³-hybridized carbons (Fsp3) is 0.462. The van der Waals surface area contributed by atoms with Gasteiger partial charge in [-0.1, -0.05) is 19.1 Å². The Hall–Kier alpha value is -1.91. The molecule has 5 nitrogen and oxygen atoms in total. The Morgan fingerprint density at radius 1 is 1.33 bits per heavy atom. The van der Waals surface area contributed by atoms with Gasteiger partial charge in [-0.15, -0.1) is 0 Å². The molecule has 0 saturated carbocycles. The van der Waals surface area contributed by atoms with Crippen LogP contribution in [0.15, 0.2) is 23.3 Å². The summed E-state index contributed by atoms with van der Waals surface area (Å²) < 4.78 is 9.31. The lowest BCUT2D eigenvalue weighted by molar-refractivity contribution is -0.151. The van der Waals surface area contributed by atoms with Crippen molar-refractivity contribution in [2.24, 2.45) is 0 Å². The van der Waals surface area contributed by atoms with E-state index in [-0.39, 0.29) is 12.6 Å². The predicted octanol–water partition coefficient (Wildman–Crippen LogP) is 1.68. The molecule has 0 atom stereocenters. The van der Waals surface area contributed by atoms with Gasteiger partial charge in [-0.3, -0.25) is 4.79 Å². The SMILES string of the molecule is CC/C=C/C1=C(CCCOC(C)=O)C(=O)OC1=O. The molecule has 1 aliphatic rings. The van der Waals surface area contributed by atoms with Crippen molar-refractivity contribution in [3.05, 3.63) is 23.3 Å². The smallest absolute Gasteiger partial charge is 0.346 e. The Bertz CT molecular complexity index is 417. The number of ether oxygens (including phenoxy) is 2. The zero-order valence-electron chi connectivity index (χ0n) is 10.5. The van der Waals surface area contributed by atoms with E-state index in [1.165, 1.54) is 6.92 Å². The van der Waals surface area contributed by atoms with Gasteiger partial charge in [-0.25, -0.2) is 9.59 Å². The summed E-state index contributed by atoms with van der Waals surface area (Å²) in [5, 5.41) is 0. The minimum absolute atomic E-state index is 0.227. The minimum Gasteiger partial charge on any atom is -0.466 e. The molecule has 0 radical (unpaired) electrons. The molecule has 0 aliphatic carbocycles. The second kappa shape index (κ2) is 6.74. The molecule has 0 N–H and O–H groups in total. The normalized spacial score (nSPS) is 15.4. The van der Waals surface area contributed by atoms with Crippen LogP contribution in [0.2, 0.25) is 0 Å². The predicted molar refractivity (Wildman–Crippen MR) is 63.4 cm³/mol. The quantitative estimate of drug-likeness (QED) is 0.408. The van der Waals surface area contributed by atoms with Crippen LogP contribution in [0.1, 0.15) is 33.1 Å². The lowest BCUT2D eigenvalue weighted by Crippen LogP contribution is -2.04. The summed E-state index contributed by atoms with van der Waals surface area (Å²) in [6, 6.07) is 0. The van der Waals surface area contributed by atoms with E-state index in [2.05, 4.69) is 4.74 Å². The monoisotopic (exact) mass is 252 g/mol. The van der Waals surface area contributed by atoms with E-state index in [4.69, 9.17) is 4.74 Å². The number of esters is 3. The summed E-state index contributed by atoms with van der Waals surface area (Å²) in [4.78, 5) is 33.4. The summed E-state index contributed by atoms with van der Waals surface area (Å²) in [5.41, 5.74) is 0.668. The first kappa shape index (κ1) is 14.2. The highest BCUT2D eigenvalue weighted by atomic mass is 16.6. The van der Waals surface area contributed by atoms with Crippen molar-refractivity contribution < 1.29 is 23.9 Å². The highest BCUT2D eigenvalue weighted by Crippen LogP contribution is 2.23. The number of hydrogen-bond acceptors (Lipinski definition) is 5. The summed E-state index contributed by atoms with van der Waals surface area (Å²) in [5.74, 6) is -1.56. The Kier molecular flexibility index (Phi) is 5.30. The second-order valence-electron chi connectivity index (χ2n) is 3.82. The molecule has 1 heterocycles. The van der Waals surface area contributed by atoms with E-state index >= 15 is 0 Å². The van der Waals surface area contributed by atoms with E-state index in [0.717, 1.165) is 6.42 Å². The molecule has 0 aromatic carbocycles. The molecule has 1 aliphatic heterocycles. The third kappa shape index (κ3) is 3.84. The van der Waals surface area contributed by atoms with Crippen molar-refractivity contribution in [1.29, 1.82) is 0 Å². The van der Waals surface area contributed by atoms with Crippen LogP contribution < -0.4 is 0 Å². The molecule has 98 valence electrons. The van der Waals surface area contributed by atoms with Gasteiger partial charge in [0.2, 0.25) is 0 Å². The second-order valence-corrected chi connectivity index (χ2v) is 3.82. The molecule has 0 aromatic rings. The summed E-state index contributed by atoms with van der Waals surface area (Å²) in [6.45, 7) is 3.48. The van der Waals surface area contributed by atoms with Gasteiger partial charge < -0.3 is 9.47 Å². The van der Waals surface area contributed by atoms with Gasteiger partial charge >= 0.3 is 17.9 Å². The molecule has 0 saturated heterocycles. The van der Waals surface area contributed by atoms with E-state index in [9.17, 15) is 14.4 Å². The van der Waals surface area contributed by atoms with E-state index in [1.807, 2.05) is 6.92 Å². The molecule has 0 unspecified atom stereocenters. The molecule has 1 rings (SSSR count). The van der Waals surface area contributed by atoms with Gasteiger partial charge in [0.15, 0.2) is 0 Å². The zero-order chi connectivity index (χ0) is 13.5. The average Bonchev–Trinajstić information content (AvgIpc) is 2.56. The van der Waals surface area contributed by atoms with Crippen LogP contribution in [0.5, 0.6) is 0 Å². The maximum absolute atomic E-state index is 11.4. The molecule has 0 aromatic heterocycles. The summed E-state index contributed by atoms with van der Waals surface area (Å²) >= 11 is 0. The molecule has 18 heavy (non-hydrogen) atoms. The van der Waals surface area contributed by atoms with Gasteiger partial charge in [0.05, 0.1) is 17.8 Å². The largest absolute Gasteiger partial charge is 0.466 e. The Morgan fingerprint density at radius 2 is 2.06 bits per heavy atom. The first-order chi connectivity index (χ1) is 8.56. The highest BCUT2D eigenvalue weighted by Gasteiger charge is 2.30. The Balaban J connectivity index is 2.65. The molecular formula is C13H16O5. The van der Waals surface area contributed by atoms with E-state index < -0.39 is 11.9 Å². The highest BCUT2D eigenvalue weighted by molar-refractivity contribution is 6.13. The van der Waals surface area contributed by atoms with Crippen LogP contribution in [-0.4, -0.2) is 24.5 Å². The van der Waals surface area contributed by atoms with Gasteiger partial charge in [-0.2, -0.15) is 0 Å². The average molecular weight is 252 g/mol. The first-order valence-electron chi connectivity index (χ1n) is 5.85. The molecule has 0 fully saturated rings. The van der Waals surface area contributed by atoms with Gasteiger partial charge in [-0.05, 0) is 19.3 Å². The van der Waals surface area contributed by atoms with Crippen molar-refractivity contribution in [3.63, 3.8) is 0 Å². The molecular weight excluding hydrogens is 236 g/mol. The Morgan fingerprint density at radius 3 is 2.67 bits per heavy atom. The van der Waals surface area contributed by atoms with Crippen LogP contribution >= 0.6 is 0 Å². The topological polar surface area (TPSA) is 69.7 Å². The maximum Gasteiger partial charge on any atom is 0.346 e. The fourth-order valence-corrected chi connectivity index (χ4v) is 1.54. The van der Waals surface area contributed by atoms with Gasteiger partial charge in [0.25, 0.3) is 0 Å². The fourth-order valence-electron chi connectivity index (χ4n) is 1.54. The van der Waals surface area contributed by atoms with Crippen LogP contribution in [0.4, 0.5) is 0 Å². The van der Waals surface area contributed by atoms with Crippen LogP contribution in [0.25, 0.3) is 0 Å². The minimum atomic E-state index is -0.604. The molecule has 0 bridgehead atoms. The van der Waals surface area contributed by atoms with E-state index in [0.29, 0.717) is 24.0 Å². The van der Waals surface area contributed by atoms with Crippen molar-refractivity contribution in [2.45, 2.75) is 33.1 Å². The van der Waals surface area contributed by atoms with E-state index in [1.54, 1.807) is 12.2 Å². The van der Waals surface area contributed by atoms with Crippen molar-refractivity contribution in [1.82, 2.24) is 0 Å². The molecule has 0 amide bonds. The number of carbonyl (C=O) groups excluding carboxylic acids is 3. The number of allylic oxidation sites excluding steroid dienone is 1. The van der Waals surface area contributed by atoms with Gasteiger partial charge in [0, 0.05) is 6.92 Å². The third-order valence-electron chi connectivity index (χ3n) is 2.37. The summed E-state index contributed by atoms with van der Waals surface area (Å²) in [7, 11) is 0. The number of rotatable bonds is 6. The molecule has 0 spiro atoms. The first-order valence-corrected chi connectivity index (χ1v) is 5.85. The van der Waals surface area contributed by atoms with Crippen molar-refractivity contribution in [3.8, 4) is 0 Å². The standard InChI is InChI=1S/C13H16O5/c1-3-4-6-10-11(13(16)18-12(10)15)7-5-8-17-9(2)14/h4,6H,3,5,7-8H2,1-2H3/b6-4+. The lowest BCUT2D eigenvalue weighted by atomic mass is 10.0. The Labute approximate surface area is 105 Å². The van der Waals surface area contributed by atoms with Crippen LogP contribution in [0, 0.1) is 0 Å². The van der Waals surface area contributed by atoms with Crippen LogP contribution in [-0.2, 0) is 23.9 Å². The van der Waals surface area contributed by atoms with Gasteiger partial charge in [0.1, 0.15) is 0 Å². The summed E-state index contributed by atoms with van der Waals surface area (Å²) in [6.07, 6.45) is 5.02. The molecule has 5 heteroatoms.